The first-order chi connectivity index (χ1) is 12.2. The summed E-state index contributed by atoms with van der Waals surface area (Å²) in [6.45, 7) is 8.69. The zero-order valence-corrected chi connectivity index (χ0v) is 14.3. The summed E-state index contributed by atoms with van der Waals surface area (Å²) in [4.78, 5) is 26.0. The number of ether oxygens (including phenoxy) is 2. The first kappa shape index (κ1) is 19.0. The number of morpholine rings is 1. The molecule has 1 saturated heterocycles. The molecular formula is C18H25N3O4. The second-order valence-corrected chi connectivity index (χ2v) is 5.64. The van der Waals surface area contributed by atoms with Gasteiger partial charge in [-0.1, -0.05) is 12.7 Å². The summed E-state index contributed by atoms with van der Waals surface area (Å²) < 4.78 is 10.6. The summed E-state index contributed by atoms with van der Waals surface area (Å²) in [5.74, 6) is -0.634. The van der Waals surface area contributed by atoms with Gasteiger partial charge >= 0.3 is 11.8 Å². The molecule has 0 aliphatic carbocycles. The molecule has 136 valence electrons. The van der Waals surface area contributed by atoms with E-state index in [9.17, 15) is 9.59 Å². The van der Waals surface area contributed by atoms with Gasteiger partial charge in [0.25, 0.3) is 0 Å². The second-order valence-electron chi connectivity index (χ2n) is 5.64. The largest absolute Gasteiger partial charge is 0.490 e. The predicted molar refractivity (Wildman–Crippen MR) is 95.6 cm³/mol. The van der Waals surface area contributed by atoms with E-state index in [1.54, 1.807) is 30.3 Å². The number of benzene rings is 1. The van der Waals surface area contributed by atoms with Crippen LogP contribution in [0.1, 0.15) is 6.42 Å². The lowest BCUT2D eigenvalue weighted by molar-refractivity contribution is -0.136. The molecule has 7 heteroatoms. The predicted octanol–water partition coefficient (Wildman–Crippen LogP) is 1.03. The lowest BCUT2D eigenvalue weighted by atomic mass is 10.3. The van der Waals surface area contributed by atoms with E-state index in [1.807, 2.05) is 0 Å². The fourth-order valence-corrected chi connectivity index (χ4v) is 2.39. The standard InChI is InChI=1S/C18H25N3O4/c1-2-12-25-16-6-4-15(5-7-16)20-18(23)17(22)19-8-3-9-21-10-13-24-14-11-21/h2,4-7H,1,3,8-14H2,(H,19,22)(H,20,23). The molecule has 0 atom stereocenters. The van der Waals surface area contributed by atoms with Crippen molar-refractivity contribution in [3.8, 4) is 5.75 Å². The highest BCUT2D eigenvalue weighted by atomic mass is 16.5. The van der Waals surface area contributed by atoms with Gasteiger partial charge in [0.2, 0.25) is 0 Å². The minimum absolute atomic E-state index is 0.415. The van der Waals surface area contributed by atoms with Crippen molar-refractivity contribution in [3.05, 3.63) is 36.9 Å². The molecule has 25 heavy (non-hydrogen) atoms. The van der Waals surface area contributed by atoms with E-state index >= 15 is 0 Å². The monoisotopic (exact) mass is 347 g/mol. The van der Waals surface area contributed by atoms with E-state index in [2.05, 4.69) is 22.1 Å². The van der Waals surface area contributed by atoms with Gasteiger partial charge in [0.05, 0.1) is 13.2 Å². The summed E-state index contributed by atoms with van der Waals surface area (Å²) in [5, 5.41) is 5.20. The minimum atomic E-state index is -0.675. The summed E-state index contributed by atoms with van der Waals surface area (Å²) in [6.07, 6.45) is 2.45. The van der Waals surface area contributed by atoms with Crippen LogP contribution in [-0.2, 0) is 14.3 Å². The van der Waals surface area contributed by atoms with Crippen molar-refractivity contribution < 1.29 is 19.1 Å². The summed E-state index contributed by atoms with van der Waals surface area (Å²) >= 11 is 0. The Labute approximate surface area is 148 Å². The number of amides is 2. The molecule has 0 unspecified atom stereocenters. The number of carbonyl (C=O) groups excluding carboxylic acids is 2. The molecule has 0 bridgehead atoms. The molecule has 7 nitrogen and oxygen atoms in total. The summed E-state index contributed by atoms with van der Waals surface area (Å²) in [7, 11) is 0. The smallest absolute Gasteiger partial charge is 0.313 e. The van der Waals surface area contributed by atoms with E-state index in [1.165, 1.54) is 0 Å². The average Bonchev–Trinajstić information content (AvgIpc) is 2.65. The Hall–Kier alpha value is -2.38. The topological polar surface area (TPSA) is 79.9 Å². The fourth-order valence-electron chi connectivity index (χ4n) is 2.39. The van der Waals surface area contributed by atoms with Crippen LogP contribution in [0.25, 0.3) is 0 Å². The SMILES string of the molecule is C=CCOc1ccc(NC(=O)C(=O)NCCCN2CCOCC2)cc1. The maximum Gasteiger partial charge on any atom is 0.313 e. The van der Waals surface area contributed by atoms with Gasteiger partial charge in [0.1, 0.15) is 12.4 Å². The zero-order chi connectivity index (χ0) is 17.9. The number of hydrogen-bond donors (Lipinski definition) is 2. The molecule has 1 aliphatic rings. The molecule has 0 saturated carbocycles. The van der Waals surface area contributed by atoms with Gasteiger partial charge < -0.3 is 20.1 Å². The first-order valence-electron chi connectivity index (χ1n) is 8.42. The molecule has 1 aromatic carbocycles. The van der Waals surface area contributed by atoms with Gasteiger partial charge in [0, 0.05) is 25.3 Å². The molecule has 1 fully saturated rings. The van der Waals surface area contributed by atoms with Crippen molar-refractivity contribution in [1.82, 2.24) is 10.2 Å². The number of hydrogen-bond acceptors (Lipinski definition) is 5. The lowest BCUT2D eigenvalue weighted by Gasteiger charge is -2.26. The van der Waals surface area contributed by atoms with Crippen LogP contribution < -0.4 is 15.4 Å². The molecule has 1 aromatic rings. The lowest BCUT2D eigenvalue weighted by Crippen LogP contribution is -2.39. The quantitative estimate of drug-likeness (QED) is 0.417. The van der Waals surface area contributed by atoms with Crippen LogP contribution in [0.15, 0.2) is 36.9 Å². The molecule has 1 aliphatic heterocycles. The van der Waals surface area contributed by atoms with Gasteiger partial charge in [0.15, 0.2) is 0 Å². The van der Waals surface area contributed by atoms with Crippen molar-refractivity contribution in [2.75, 3.05) is 51.3 Å². The van der Waals surface area contributed by atoms with Gasteiger partial charge in [-0.15, -0.1) is 0 Å². The molecule has 2 N–H and O–H groups in total. The third kappa shape index (κ3) is 6.94. The van der Waals surface area contributed by atoms with Crippen LogP contribution in [0.5, 0.6) is 5.75 Å². The number of anilines is 1. The van der Waals surface area contributed by atoms with E-state index < -0.39 is 11.8 Å². The Morgan fingerprint density at radius 2 is 1.92 bits per heavy atom. The Balaban J connectivity index is 1.65. The number of rotatable bonds is 8. The molecule has 2 rings (SSSR count). The Morgan fingerprint density at radius 1 is 1.20 bits per heavy atom. The Bertz CT molecular complexity index is 568. The normalized spacial score (nSPS) is 14.6. The maximum atomic E-state index is 11.9. The van der Waals surface area contributed by atoms with Crippen LogP contribution in [0.4, 0.5) is 5.69 Å². The van der Waals surface area contributed by atoms with Gasteiger partial charge in [-0.2, -0.15) is 0 Å². The molecule has 0 aromatic heterocycles. The highest BCUT2D eigenvalue weighted by molar-refractivity contribution is 6.39. The molecular weight excluding hydrogens is 322 g/mol. The first-order valence-corrected chi connectivity index (χ1v) is 8.42. The van der Waals surface area contributed by atoms with Gasteiger partial charge in [-0.05, 0) is 37.2 Å². The van der Waals surface area contributed by atoms with Crippen molar-refractivity contribution in [2.45, 2.75) is 6.42 Å². The van der Waals surface area contributed by atoms with Crippen molar-refractivity contribution in [1.29, 1.82) is 0 Å². The number of nitrogens with one attached hydrogen (secondary N) is 2. The van der Waals surface area contributed by atoms with Crippen LogP contribution in [0, 0.1) is 0 Å². The van der Waals surface area contributed by atoms with Crippen LogP contribution >= 0.6 is 0 Å². The highest BCUT2D eigenvalue weighted by Crippen LogP contribution is 2.15. The van der Waals surface area contributed by atoms with Gasteiger partial charge in [-0.3, -0.25) is 14.5 Å². The third-order valence-electron chi connectivity index (χ3n) is 3.73. The van der Waals surface area contributed by atoms with Crippen molar-refractivity contribution >= 4 is 17.5 Å². The minimum Gasteiger partial charge on any atom is -0.490 e. The number of nitrogens with zero attached hydrogens (tertiary/aromatic N) is 1. The number of carbonyl (C=O) groups is 2. The van der Waals surface area contributed by atoms with Crippen molar-refractivity contribution in [3.63, 3.8) is 0 Å². The van der Waals surface area contributed by atoms with E-state index in [0.717, 1.165) is 39.3 Å². The second kappa shape index (κ2) is 10.5. The van der Waals surface area contributed by atoms with E-state index in [-0.39, 0.29) is 0 Å². The Morgan fingerprint density at radius 3 is 2.60 bits per heavy atom. The molecule has 2 amide bonds. The average molecular weight is 347 g/mol. The highest BCUT2D eigenvalue weighted by Gasteiger charge is 2.14. The van der Waals surface area contributed by atoms with E-state index in [0.29, 0.717) is 24.6 Å². The van der Waals surface area contributed by atoms with Crippen LogP contribution in [0.3, 0.4) is 0 Å². The maximum absolute atomic E-state index is 11.9. The summed E-state index contributed by atoms with van der Waals surface area (Å²) in [5.41, 5.74) is 0.541. The van der Waals surface area contributed by atoms with Crippen LogP contribution in [-0.4, -0.2) is 62.7 Å². The third-order valence-corrected chi connectivity index (χ3v) is 3.73. The fraction of sp³-hybridized carbons (Fsp3) is 0.444. The zero-order valence-electron chi connectivity index (χ0n) is 14.3. The van der Waals surface area contributed by atoms with Crippen LogP contribution in [0.2, 0.25) is 0 Å². The van der Waals surface area contributed by atoms with Crippen molar-refractivity contribution in [2.24, 2.45) is 0 Å². The summed E-state index contributed by atoms with van der Waals surface area (Å²) in [6, 6.07) is 6.81. The Kier molecular flexibility index (Phi) is 7.94. The molecule has 0 radical (unpaired) electrons. The van der Waals surface area contributed by atoms with E-state index in [4.69, 9.17) is 9.47 Å². The molecule has 0 spiro atoms. The molecule has 1 heterocycles. The van der Waals surface area contributed by atoms with Gasteiger partial charge in [-0.25, -0.2) is 0 Å².